The fourth-order valence-electron chi connectivity index (χ4n) is 3.04. The van der Waals surface area contributed by atoms with E-state index >= 15 is 0 Å². The third-order valence-corrected chi connectivity index (χ3v) is 4.07. The molecule has 0 radical (unpaired) electrons. The molecule has 0 saturated carbocycles. The number of carbonyl (C=O) groups excluding carboxylic acids is 1. The Kier molecular flexibility index (Phi) is 4.83. The van der Waals surface area contributed by atoms with Gasteiger partial charge in [0.25, 0.3) is 5.56 Å². The number of amides is 1. The van der Waals surface area contributed by atoms with Crippen molar-refractivity contribution in [2.45, 2.75) is 33.4 Å². The molecule has 0 spiro atoms. The number of furan rings is 1. The number of nitrogens with zero attached hydrogens (tertiary/aromatic N) is 3. The molecule has 1 N–H and O–H groups in total. The van der Waals surface area contributed by atoms with E-state index in [-0.39, 0.29) is 24.1 Å². The Morgan fingerprint density at radius 1 is 1.50 bits per heavy atom. The maximum atomic E-state index is 12.9. The van der Waals surface area contributed by atoms with E-state index in [1.54, 1.807) is 6.20 Å². The fraction of sp³-hybridized carbons (Fsp3) is 0.389. The lowest BCUT2D eigenvalue weighted by molar-refractivity contribution is -0.122. The molecule has 0 saturated heterocycles. The highest BCUT2D eigenvalue weighted by molar-refractivity contribution is 6.04. The maximum absolute atomic E-state index is 12.9. The molecule has 26 heavy (non-hydrogen) atoms. The van der Waals surface area contributed by atoms with E-state index in [0.717, 1.165) is 16.0 Å². The minimum absolute atomic E-state index is 0.0560. The predicted octanol–water partition coefficient (Wildman–Crippen LogP) is 2.11. The highest BCUT2D eigenvalue weighted by atomic mass is 16.5. The van der Waals surface area contributed by atoms with Crippen LogP contribution in [0.1, 0.15) is 25.6 Å². The van der Waals surface area contributed by atoms with Gasteiger partial charge in [-0.15, -0.1) is 0 Å². The molecule has 0 bridgehead atoms. The van der Waals surface area contributed by atoms with Crippen molar-refractivity contribution in [2.24, 2.45) is 0 Å². The number of rotatable bonds is 7. The van der Waals surface area contributed by atoms with E-state index in [0.29, 0.717) is 29.6 Å². The normalized spacial score (nSPS) is 11.4. The SMILES string of the molecule is C=COCCNC(=O)Cn1ncc2c3oc(C)cc3n(C(C)C)c2c1=O. The number of aryl methyl sites for hydroxylation is 1. The zero-order valence-electron chi connectivity index (χ0n) is 15.1. The molecule has 3 aromatic heterocycles. The van der Waals surface area contributed by atoms with Crippen molar-refractivity contribution in [3.63, 3.8) is 0 Å². The number of hydrogen-bond acceptors (Lipinski definition) is 5. The van der Waals surface area contributed by atoms with Crippen molar-refractivity contribution in [3.05, 3.63) is 41.2 Å². The Bertz CT molecular complexity index is 1030. The van der Waals surface area contributed by atoms with Crippen LogP contribution < -0.4 is 10.9 Å². The second kappa shape index (κ2) is 7.07. The minimum Gasteiger partial charge on any atom is -0.500 e. The number of aromatic nitrogens is 3. The molecule has 138 valence electrons. The Morgan fingerprint density at radius 2 is 2.27 bits per heavy atom. The van der Waals surface area contributed by atoms with Gasteiger partial charge < -0.3 is 19.0 Å². The van der Waals surface area contributed by atoms with E-state index < -0.39 is 0 Å². The Morgan fingerprint density at radius 3 is 2.96 bits per heavy atom. The average Bonchev–Trinajstić information content (AvgIpc) is 3.09. The molecular weight excluding hydrogens is 336 g/mol. The van der Waals surface area contributed by atoms with Gasteiger partial charge in [0.05, 0.1) is 29.9 Å². The lowest BCUT2D eigenvalue weighted by Crippen LogP contribution is -2.35. The first-order chi connectivity index (χ1) is 12.4. The zero-order chi connectivity index (χ0) is 18.8. The molecule has 0 unspecified atom stereocenters. The largest absolute Gasteiger partial charge is 0.500 e. The van der Waals surface area contributed by atoms with Gasteiger partial charge in [0.1, 0.15) is 24.4 Å². The Labute approximate surface area is 150 Å². The maximum Gasteiger partial charge on any atom is 0.291 e. The van der Waals surface area contributed by atoms with Crippen LogP contribution in [-0.4, -0.2) is 33.4 Å². The second-order valence-corrected chi connectivity index (χ2v) is 6.29. The highest BCUT2D eigenvalue weighted by Gasteiger charge is 2.21. The molecule has 0 fully saturated rings. The van der Waals surface area contributed by atoms with Crippen LogP contribution in [0.3, 0.4) is 0 Å². The molecule has 8 nitrogen and oxygen atoms in total. The monoisotopic (exact) mass is 358 g/mol. The summed E-state index contributed by atoms with van der Waals surface area (Å²) in [7, 11) is 0. The van der Waals surface area contributed by atoms with E-state index in [4.69, 9.17) is 9.15 Å². The second-order valence-electron chi connectivity index (χ2n) is 6.29. The zero-order valence-corrected chi connectivity index (χ0v) is 15.1. The van der Waals surface area contributed by atoms with Crippen molar-refractivity contribution in [2.75, 3.05) is 13.2 Å². The topological polar surface area (TPSA) is 91.3 Å². The lowest BCUT2D eigenvalue weighted by atomic mass is 10.3. The summed E-state index contributed by atoms with van der Waals surface area (Å²) in [6, 6.07) is 1.96. The van der Waals surface area contributed by atoms with Gasteiger partial charge in [0.15, 0.2) is 5.58 Å². The minimum atomic E-state index is -0.322. The third-order valence-electron chi connectivity index (χ3n) is 4.07. The molecule has 0 aromatic carbocycles. The van der Waals surface area contributed by atoms with Crippen LogP contribution in [0.2, 0.25) is 0 Å². The fourth-order valence-corrected chi connectivity index (χ4v) is 3.04. The van der Waals surface area contributed by atoms with Crippen molar-refractivity contribution in [1.29, 1.82) is 0 Å². The molecule has 3 rings (SSSR count). The number of nitrogens with one attached hydrogen (secondary N) is 1. The van der Waals surface area contributed by atoms with E-state index in [9.17, 15) is 9.59 Å². The summed E-state index contributed by atoms with van der Waals surface area (Å²) < 4.78 is 13.8. The smallest absolute Gasteiger partial charge is 0.291 e. The van der Waals surface area contributed by atoms with Crippen molar-refractivity contribution < 1.29 is 13.9 Å². The summed E-state index contributed by atoms with van der Waals surface area (Å²) in [6.07, 6.45) is 2.89. The molecular formula is C18H22N4O4. The van der Waals surface area contributed by atoms with Crippen molar-refractivity contribution >= 4 is 27.9 Å². The van der Waals surface area contributed by atoms with Crippen LogP contribution in [0.4, 0.5) is 0 Å². The van der Waals surface area contributed by atoms with Gasteiger partial charge in [0.2, 0.25) is 5.91 Å². The van der Waals surface area contributed by atoms with Crippen LogP contribution in [-0.2, 0) is 16.1 Å². The van der Waals surface area contributed by atoms with Gasteiger partial charge in [-0.1, -0.05) is 6.58 Å². The van der Waals surface area contributed by atoms with Gasteiger partial charge in [-0.05, 0) is 20.8 Å². The van der Waals surface area contributed by atoms with Gasteiger partial charge in [0, 0.05) is 12.1 Å². The first-order valence-corrected chi connectivity index (χ1v) is 8.43. The van der Waals surface area contributed by atoms with Crippen molar-refractivity contribution in [3.8, 4) is 0 Å². The van der Waals surface area contributed by atoms with Crippen LogP contribution in [0.15, 0.2) is 34.3 Å². The Balaban J connectivity index is 1.98. The number of fused-ring (bicyclic) bond motifs is 3. The van der Waals surface area contributed by atoms with E-state index in [1.807, 2.05) is 31.4 Å². The predicted molar refractivity (Wildman–Crippen MR) is 98.0 cm³/mol. The molecule has 1 amide bonds. The lowest BCUT2D eigenvalue weighted by Gasteiger charge is -2.11. The number of carbonyl (C=O) groups is 1. The highest BCUT2D eigenvalue weighted by Crippen LogP contribution is 2.31. The summed E-state index contributed by atoms with van der Waals surface area (Å²) in [5, 5.41) is 7.47. The summed E-state index contributed by atoms with van der Waals surface area (Å²) >= 11 is 0. The van der Waals surface area contributed by atoms with Crippen LogP contribution in [0.5, 0.6) is 0 Å². The van der Waals surface area contributed by atoms with Gasteiger partial charge in [-0.2, -0.15) is 5.10 Å². The van der Waals surface area contributed by atoms with Crippen LogP contribution >= 0.6 is 0 Å². The van der Waals surface area contributed by atoms with E-state index in [1.165, 1.54) is 6.26 Å². The van der Waals surface area contributed by atoms with Gasteiger partial charge in [-0.3, -0.25) is 9.59 Å². The molecule has 0 atom stereocenters. The summed E-state index contributed by atoms with van der Waals surface area (Å²) in [6.45, 7) is 9.78. The number of hydrogen-bond donors (Lipinski definition) is 1. The summed E-state index contributed by atoms with van der Waals surface area (Å²) in [4.78, 5) is 25.0. The van der Waals surface area contributed by atoms with Gasteiger partial charge in [-0.25, -0.2) is 4.68 Å². The van der Waals surface area contributed by atoms with Gasteiger partial charge >= 0.3 is 0 Å². The van der Waals surface area contributed by atoms with E-state index in [2.05, 4.69) is 17.0 Å². The average molecular weight is 358 g/mol. The molecule has 0 aliphatic rings. The quantitative estimate of drug-likeness (QED) is 0.516. The molecule has 3 heterocycles. The standard InChI is InChI=1S/C18H22N4O4/c1-5-25-7-6-19-15(23)10-21-18(24)16-13(9-20-21)17-14(8-12(4)26-17)22(16)11(2)3/h5,8-9,11H,1,6-7,10H2,2-4H3,(H,19,23). The first kappa shape index (κ1) is 17.8. The summed E-state index contributed by atoms with van der Waals surface area (Å²) in [5.74, 6) is 0.463. The molecule has 0 aliphatic carbocycles. The van der Waals surface area contributed by atoms with Crippen LogP contribution in [0, 0.1) is 6.92 Å². The first-order valence-electron chi connectivity index (χ1n) is 8.43. The Hall–Kier alpha value is -3.03. The van der Waals surface area contributed by atoms with Crippen LogP contribution in [0.25, 0.3) is 22.0 Å². The van der Waals surface area contributed by atoms with Crippen molar-refractivity contribution in [1.82, 2.24) is 19.7 Å². The molecule has 0 aliphatic heterocycles. The summed E-state index contributed by atoms with van der Waals surface area (Å²) in [5.41, 5.74) is 1.67. The number of ether oxygens (including phenoxy) is 1. The molecule has 3 aromatic rings. The molecule has 8 heteroatoms. The third kappa shape index (κ3) is 3.10.